The predicted octanol–water partition coefficient (Wildman–Crippen LogP) is 0.0421. The van der Waals surface area contributed by atoms with E-state index in [2.05, 4.69) is 26.9 Å². The van der Waals surface area contributed by atoms with Crippen LogP contribution < -0.4 is 10.9 Å². The number of nitrogens with zero attached hydrogens (tertiary/aromatic N) is 2. The molecule has 6 heteroatoms. The third-order valence-corrected chi connectivity index (χ3v) is 0.940. The van der Waals surface area contributed by atoms with Crippen molar-refractivity contribution in [3.8, 4) is 0 Å². The molecule has 0 spiro atoms. The van der Waals surface area contributed by atoms with E-state index in [9.17, 15) is 0 Å². The Morgan fingerprint density at radius 1 is 1.89 bits per heavy atom. The van der Waals surface area contributed by atoms with Crippen LogP contribution in [-0.4, -0.2) is 17.2 Å². The molecule has 0 bridgehead atoms. The van der Waals surface area contributed by atoms with Gasteiger partial charge in [-0.2, -0.15) is 0 Å². The normalized spacial score (nSPS) is 9.56. The third-order valence-electron chi connectivity index (χ3n) is 0.763. The fourth-order valence-corrected chi connectivity index (χ4v) is 0.503. The molecule has 1 heterocycles. The second-order valence-corrected chi connectivity index (χ2v) is 1.90. The van der Waals surface area contributed by atoms with E-state index in [1.54, 1.807) is 7.05 Å². The van der Waals surface area contributed by atoms with Gasteiger partial charge >= 0.3 is 0 Å². The molecule has 0 aromatic carbocycles. The standard InChI is InChI=1S/C3H6N4OS/c1-7(4)2-5-3(9)8-6-2/h4H2,1H3,(H,5,6,9). The summed E-state index contributed by atoms with van der Waals surface area (Å²) in [6.45, 7) is 0. The monoisotopic (exact) mass is 146 g/mol. The first kappa shape index (κ1) is 6.24. The van der Waals surface area contributed by atoms with E-state index in [0.717, 1.165) is 0 Å². The van der Waals surface area contributed by atoms with E-state index >= 15 is 0 Å². The van der Waals surface area contributed by atoms with Gasteiger partial charge in [0.1, 0.15) is 0 Å². The van der Waals surface area contributed by atoms with Gasteiger partial charge in [0.2, 0.25) is 0 Å². The average molecular weight is 146 g/mol. The Balaban J connectivity index is 2.98. The van der Waals surface area contributed by atoms with Gasteiger partial charge in [0.25, 0.3) is 10.8 Å². The summed E-state index contributed by atoms with van der Waals surface area (Å²) >= 11 is 4.59. The largest absolute Gasteiger partial charge is 0.322 e. The van der Waals surface area contributed by atoms with E-state index in [0.29, 0.717) is 5.95 Å². The molecule has 1 aromatic rings. The lowest BCUT2D eigenvalue weighted by Gasteiger charge is -2.02. The molecule has 0 fully saturated rings. The molecule has 5 nitrogen and oxygen atoms in total. The molecule has 0 saturated heterocycles. The molecule has 1 rings (SSSR count). The van der Waals surface area contributed by atoms with Gasteiger partial charge in [-0.25, -0.2) is 5.84 Å². The van der Waals surface area contributed by atoms with Crippen LogP contribution in [0.5, 0.6) is 0 Å². The highest BCUT2D eigenvalue weighted by Crippen LogP contribution is 1.97. The number of aromatic nitrogens is 2. The molecule has 0 amide bonds. The molecule has 50 valence electrons. The van der Waals surface area contributed by atoms with Crippen LogP contribution in [0.25, 0.3) is 0 Å². The molecular formula is C3H6N4OS. The summed E-state index contributed by atoms with van der Waals surface area (Å²) in [6, 6.07) is 0. The Morgan fingerprint density at radius 2 is 2.56 bits per heavy atom. The van der Waals surface area contributed by atoms with Gasteiger partial charge in [-0.15, -0.1) is 0 Å². The smallest absolute Gasteiger partial charge is 0.296 e. The van der Waals surface area contributed by atoms with Crippen LogP contribution in [-0.2, 0) is 0 Å². The van der Waals surface area contributed by atoms with Gasteiger partial charge in [0, 0.05) is 7.05 Å². The van der Waals surface area contributed by atoms with Crippen LogP contribution in [0.1, 0.15) is 0 Å². The first-order chi connectivity index (χ1) is 4.20. The Hall–Kier alpha value is -0.880. The molecule has 0 unspecified atom stereocenters. The lowest BCUT2D eigenvalue weighted by Crippen LogP contribution is -2.26. The third kappa shape index (κ3) is 1.27. The number of hydrazine groups is 1. The van der Waals surface area contributed by atoms with Gasteiger partial charge in [0.05, 0.1) is 0 Å². The van der Waals surface area contributed by atoms with Crippen molar-refractivity contribution in [2.45, 2.75) is 0 Å². The van der Waals surface area contributed by atoms with Crippen LogP contribution >= 0.6 is 12.2 Å². The second-order valence-electron chi connectivity index (χ2n) is 1.53. The molecule has 0 aliphatic rings. The maximum absolute atomic E-state index is 5.26. The molecule has 0 aliphatic carbocycles. The number of aromatic amines is 1. The van der Waals surface area contributed by atoms with Gasteiger partial charge in [-0.05, 0) is 17.4 Å². The van der Waals surface area contributed by atoms with Crippen molar-refractivity contribution >= 4 is 18.2 Å². The average Bonchev–Trinajstić information content (AvgIpc) is 2.14. The molecule has 0 radical (unpaired) electrons. The maximum atomic E-state index is 5.26. The van der Waals surface area contributed by atoms with Gasteiger partial charge in [0.15, 0.2) is 0 Å². The van der Waals surface area contributed by atoms with Crippen molar-refractivity contribution in [1.29, 1.82) is 0 Å². The van der Waals surface area contributed by atoms with Crippen molar-refractivity contribution < 1.29 is 4.52 Å². The Labute approximate surface area is 56.4 Å². The number of hydrogen-bond acceptors (Lipinski definition) is 5. The van der Waals surface area contributed by atoms with Crippen LogP contribution in [0.3, 0.4) is 0 Å². The van der Waals surface area contributed by atoms with Crippen LogP contribution in [0.15, 0.2) is 4.52 Å². The van der Waals surface area contributed by atoms with E-state index in [1.165, 1.54) is 5.01 Å². The highest BCUT2D eigenvalue weighted by molar-refractivity contribution is 7.71. The Morgan fingerprint density at radius 3 is 2.78 bits per heavy atom. The maximum Gasteiger partial charge on any atom is 0.296 e. The fraction of sp³-hybridized carbons (Fsp3) is 0.333. The van der Waals surface area contributed by atoms with Crippen LogP contribution in [0.2, 0.25) is 0 Å². The first-order valence-electron chi connectivity index (χ1n) is 2.24. The highest BCUT2D eigenvalue weighted by Gasteiger charge is 1.97. The number of nitrogens with one attached hydrogen (secondary N) is 1. The van der Waals surface area contributed by atoms with E-state index in [1.807, 2.05) is 0 Å². The number of H-pyrrole nitrogens is 1. The Kier molecular flexibility index (Phi) is 1.50. The highest BCUT2D eigenvalue weighted by atomic mass is 32.1. The fourth-order valence-electron chi connectivity index (χ4n) is 0.374. The molecule has 0 saturated carbocycles. The molecule has 0 aliphatic heterocycles. The number of nitrogens with two attached hydrogens (primary N) is 1. The minimum atomic E-state index is 0.224. The van der Waals surface area contributed by atoms with Crippen molar-refractivity contribution in [3.63, 3.8) is 0 Å². The lowest BCUT2D eigenvalue weighted by atomic mass is 11.0. The zero-order valence-corrected chi connectivity index (χ0v) is 5.60. The topological polar surface area (TPSA) is 71.1 Å². The van der Waals surface area contributed by atoms with Gasteiger partial charge in [-0.3, -0.25) is 9.99 Å². The summed E-state index contributed by atoms with van der Waals surface area (Å²) < 4.78 is 4.51. The predicted molar refractivity (Wildman–Crippen MR) is 34.3 cm³/mol. The summed E-state index contributed by atoms with van der Waals surface area (Å²) in [4.78, 5) is 2.84. The summed E-state index contributed by atoms with van der Waals surface area (Å²) in [6.07, 6.45) is 0. The minimum Gasteiger partial charge on any atom is -0.322 e. The molecule has 1 aromatic heterocycles. The van der Waals surface area contributed by atoms with Crippen molar-refractivity contribution in [3.05, 3.63) is 4.84 Å². The molecule has 9 heavy (non-hydrogen) atoms. The zero-order chi connectivity index (χ0) is 6.85. The van der Waals surface area contributed by atoms with E-state index < -0.39 is 0 Å². The Bertz CT molecular complexity index is 238. The quantitative estimate of drug-likeness (QED) is 0.332. The molecule has 0 atom stereocenters. The van der Waals surface area contributed by atoms with E-state index in [4.69, 9.17) is 5.84 Å². The summed E-state index contributed by atoms with van der Waals surface area (Å²) in [5, 5.41) is 4.76. The van der Waals surface area contributed by atoms with Crippen molar-refractivity contribution in [2.24, 2.45) is 5.84 Å². The van der Waals surface area contributed by atoms with Crippen LogP contribution in [0, 0.1) is 4.84 Å². The van der Waals surface area contributed by atoms with Crippen LogP contribution in [0.4, 0.5) is 5.95 Å². The van der Waals surface area contributed by atoms with Crippen molar-refractivity contribution in [1.82, 2.24) is 10.1 Å². The molecule has 3 N–H and O–H groups in total. The first-order valence-corrected chi connectivity index (χ1v) is 2.65. The second kappa shape index (κ2) is 2.16. The van der Waals surface area contributed by atoms with Crippen molar-refractivity contribution in [2.75, 3.05) is 12.1 Å². The summed E-state index contributed by atoms with van der Waals surface area (Å²) in [7, 11) is 1.63. The number of hydrogen-bond donors (Lipinski definition) is 2. The van der Waals surface area contributed by atoms with Gasteiger partial charge < -0.3 is 4.52 Å². The van der Waals surface area contributed by atoms with E-state index in [-0.39, 0.29) is 4.84 Å². The summed E-state index contributed by atoms with van der Waals surface area (Å²) in [5.41, 5.74) is 0. The number of rotatable bonds is 1. The molecular weight excluding hydrogens is 140 g/mol. The number of anilines is 1. The van der Waals surface area contributed by atoms with Gasteiger partial charge in [-0.1, -0.05) is 0 Å². The SMILES string of the molecule is CN(N)c1noc(=S)[nH]1. The minimum absolute atomic E-state index is 0.224. The summed E-state index contributed by atoms with van der Waals surface area (Å²) in [5.74, 6) is 5.68. The zero-order valence-electron chi connectivity index (χ0n) is 4.79. The lowest BCUT2D eigenvalue weighted by molar-refractivity contribution is 0.404.